The van der Waals surface area contributed by atoms with Crippen LogP contribution >= 0.6 is 11.6 Å². The van der Waals surface area contributed by atoms with E-state index in [1.54, 1.807) is 31.2 Å². The van der Waals surface area contributed by atoms with Gasteiger partial charge in [-0.05, 0) is 24.1 Å². The van der Waals surface area contributed by atoms with Crippen molar-refractivity contribution in [3.63, 3.8) is 0 Å². The van der Waals surface area contributed by atoms with Gasteiger partial charge in [0.25, 0.3) is 5.91 Å². The maximum absolute atomic E-state index is 12.1. The van der Waals surface area contributed by atoms with E-state index in [9.17, 15) is 18.7 Å². The van der Waals surface area contributed by atoms with Gasteiger partial charge in [0.05, 0.1) is 6.54 Å². The molecule has 3 nitrogen and oxygen atoms in total. The normalized spacial score (nSPS) is 14.3. The van der Waals surface area contributed by atoms with E-state index in [4.69, 9.17) is 11.6 Å². The lowest BCUT2D eigenvalue weighted by atomic mass is 9.91. The number of amides is 1. The predicted molar refractivity (Wildman–Crippen MR) is 64.7 cm³/mol. The van der Waals surface area contributed by atoms with Crippen LogP contribution in [-0.4, -0.2) is 24.0 Å². The first-order valence-corrected chi connectivity index (χ1v) is 5.81. The van der Waals surface area contributed by atoms with Crippen molar-refractivity contribution in [3.05, 3.63) is 34.9 Å². The molecular formula is C12H14ClF2NO2. The Morgan fingerprint density at radius 3 is 2.44 bits per heavy atom. The van der Waals surface area contributed by atoms with Crippen LogP contribution in [0.4, 0.5) is 8.78 Å². The lowest BCUT2D eigenvalue weighted by molar-refractivity contribution is -0.133. The average Bonchev–Trinajstić information content (AvgIpc) is 2.36. The van der Waals surface area contributed by atoms with Gasteiger partial charge in [-0.25, -0.2) is 0 Å². The Bertz CT molecular complexity index is 411. The number of alkyl halides is 2. The minimum Gasteiger partial charge on any atom is -0.383 e. The van der Waals surface area contributed by atoms with Crippen molar-refractivity contribution in [1.82, 2.24) is 5.32 Å². The molecule has 0 saturated heterocycles. The molecule has 6 heteroatoms. The van der Waals surface area contributed by atoms with Crippen molar-refractivity contribution >= 4 is 17.5 Å². The third-order valence-electron chi connectivity index (χ3n) is 2.72. The minimum absolute atomic E-state index is 0.270. The van der Waals surface area contributed by atoms with Gasteiger partial charge in [0, 0.05) is 5.02 Å². The highest BCUT2D eigenvalue weighted by atomic mass is 35.5. The summed E-state index contributed by atoms with van der Waals surface area (Å²) in [5.41, 5.74) is -0.862. The second kappa shape index (κ2) is 6.11. The Morgan fingerprint density at radius 2 is 2.00 bits per heavy atom. The van der Waals surface area contributed by atoms with Gasteiger partial charge in [-0.3, -0.25) is 4.79 Å². The largest absolute Gasteiger partial charge is 0.383 e. The quantitative estimate of drug-likeness (QED) is 0.868. The van der Waals surface area contributed by atoms with Crippen molar-refractivity contribution in [2.45, 2.75) is 25.4 Å². The van der Waals surface area contributed by atoms with Gasteiger partial charge in [-0.1, -0.05) is 30.7 Å². The number of rotatable bonds is 5. The van der Waals surface area contributed by atoms with Crippen molar-refractivity contribution in [2.75, 3.05) is 6.54 Å². The summed E-state index contributed by atoms with van der Waals surface area (Å²) in [6, 6.07) is 6.37. The average molecular weight is 278 g/mol. The summed E-state index contributed by atoms with van der Waals surface area (Å²) < 4.78 is 24.1. The molecule has 18 heavy (non-hydrogen) atoms. The van der Waals surface area contributed by atoms with Crippen LogP contribution in [0.3, 0.4) is 0 Å². The number of aliphatic hydroxyl groups is 1. The van der Waals surface area contributed by atoms with Crippen LogP contribution in [0.2, 0.25) is 5.02 Å². The van der Waals surface area contributed by atoms with Crippen LogP contribution in [0.1, 0.15) is 18.9 Å². The monoisotopic (exact) mass is 277 g/mol. The van der Waals surface area contributed by atoms with Crippen LogP contribution < -0.4 is 5.32 Å². The number of carbonyl (C=O) groups is 1. The number of halogens is 3. The second-order valence-electron chi connectivity index (χ2n) is 3.91. The molecule has 0 radical (unpaired) electrons. The topological polar surface area (TPSA) is 49.3 Å². The smallest absolute Gasteiger partial charge is 0.315 e. The Balaban J connectivity index is 2.79. The maximum atomic E-state index is 12.1. The van der Waals surface area contributed by atoms with E-state index < -0.39 is 17.9 Å². The molecule has 0 aliphatic heterocycles. The fraction of sp³-hybridized carbons (Fsp3) is 0.417. The molecule has 0 aliphatic rings. The first-order chi connectivity index (χ1) is 8.39. The Hall–Kier alpha value is -1.20. The van der Waals surface area contributed by atoms with Gasteiger partial charge in [-0.2, -0.15) is 8.78 Å². The van der Waals surface area contributed by atoms with Gasteiger partial charge in [0.2, 0.25) is 0 Å². The molecule has 0 saturated carbocycles. The Labute approximate surface area is 109 Å². The number of carbonyl (C=O) groups excluding carboxylic acids is 1. The molecule has 0 heterocycles. The van der Waals surface area contributed by atoms with E-state index in [2.05, 4.69) is 0 Å². The lowest BCUT2D eigenvalue weighted by Gasteiger charge is -2.27. The van der Waals surface area contributed by atoms with Crippen LogP contribution in [0.5, 0.6) is 0 Å². The van der Waals surface area contributed by atoms with Crippen LogP contribution in [0.25, 0.3) is 0 Å². The zero-order valence-corrected chi connectivity index (χ0v) is 10.5. The molecule has 1 unspecified atom stereocenters. The molecule has 0 fully saturated rings. The van der Waals surface area contributed by atoms with Crippen LogP contribution in [0, 0.1) is 0 Å². The maximum Gasteiger partial charge on any atom is 0.315 e. The summed E-state index contributed by atoms with van der Waals surface area (Å²) >= 11 is 5.72. The molecule has 1 amide bonds. The third kappa shape index (κ3) is 3.65. The fourth-order valence-electron chi connectivity index (χ4n) is 1.50. The molecule has 1 aromatic rings. The van der Waals surface area contributed by atoms with E-state index in [-0.39, 0.29) is 13.0 Å². The summed E-state index contributed by atoms with van der Waals surface area (Å²) in [6.45, 7) is 1.43. The van der Waals surface area contributed by atoms with E-state index in [1.165, 1.54) is 0 Å². The Kier molecular flexibility index (Phi) is 5.04. The lowest BCUT2D eigenvalue weighted by Crippen LogP contribution is -2.42. The molecule has 0 aromatic heterocycles. The molecule has 2 N–H and O–H groups in total. The van der Waals surface area contributed by atoms with Crippen molar-refractivity contribution in [1.29, 1.82) is 0 Å². The van der Waals surface area contributed by atoms with Crippen molar-refractivity contribution in [2.24, 2.45) is 0 Å². The molecule has 0 bridgehead atoms. The number of hydrogen-bond acceptors (Lipinski definition) is 2. The molecule has 1 atom stereocenters. The van der Waals surface area contributed by atoms with E-state index in [0.717, 1.165) is 0 Å². The highest BCUT2D eigenvalue weighted by Gasteiger charge is 2.29. The van der Waals surface area contributed by atoms with Crippen molar-refractivity contribution in [3.8, 4) is 0 Å². The molecule has 0 aliphatic carbocycles. The van der Waals surface area contributed by atoms with Gasteiger partial charge in [0.15, 0.2) is 0 Å². The highest BCUT2D eigenvalue weighted by molar-refractivity contribution is 6.30. The van der Waals surface area contributed by atoms with E-state index in [1.807, 2.05) is 5.32 Å². The molecule has 1 aromatic carbocycles. The summed E-state index contributed by atoms with van der Waals surface area (Å²) in [7, 11) is 0. The number of nitrogens with one attached hydrogen (secondary N) is 1. The zero-order valence-electron chi connectivity index (χ0n) is 9.79. The van der Waals surface area contributed by atoms with Gasteiger partial charge in [-0.15, -0.1) is 0 Å². The first-order valence-electron chi connectivity index (χ1n) is 5.43. The predicted octanol–water partition coefficient (Wildman–Crippen LogP) is 2.32. The molecular weight excluding hydrogens is 264 g/mol. The second-order valence-corrected chi connectivity index (χ2v) is 4.35. The van der Waals surface area contributed by atoms with Crippen molar-refractivity contribution < 1.29 is 18.7 Å². The number of hydrogen-bond donors (Lipinski definition) is 2. The van der Waals surface area contributed by atoms with Gasteiger partial charge in [0.1, 0.15) is 5.60 Å². The first kappa shape index (κ1) is 14.9. The van der Waals surface area contributed by atoms with Crippen LogP contribution in [0.15, 0.2) is 24.3 Å². The van der Waals surface area contributed by atoms with Crippen LogP contribution in [-0.2, 0) is 10.4 Å². The highest BCUT2D eigenvalue weighted by Crippen LogP contribution is 2.25. The SMILES string of the molecule is CCC(O)(CNC(=O)C(F)F)c1ccc(Cl)cc1. The summed E-state index contributed by atoms with van der Waals surface area (Å²) in [5.74, 6) is -1.39. The van der Waals surface area contributed by atoms with E-state index >= 15 is 0 Å². The molecule has 100 valence electrons. The van der Waals surface area contributed by atoms with E-state index in [0.29, 0.717) is 10.6 Å². The molecule has 1 rings (SSSR count). The standard InChI is InChI=1S/C12H14ClF2NO2/c1-2-12(18,7-16-11(17)10(14)15)8-3-5-9(13)6-4-8/h3-6,10,18H,2,7H2,1H3,(H,16,17). The fourth-order valence-corrected chi connectivity index (χ4v) is 1.63. The van der Waals surface area contributed by atoms with Gasteiger partial charge >= 0.3 is 6.43 Å². The third-order valence-corrected chi connectivity index (χ3v) is 2.97. The Morgan fingerprint density at radius 1 is 1.44 bits per heavy atom. The summed E-state index contributed by atoms with van der Waals surface area (Å²) in [6.07, 6.45) is -2.81. The zero-order chi connectivity index (χ0) is 13.8. The van der Waals surface area contributed by atoms with Gasteiger partial charge < -0.3 is 10.4 Å². The minimum atomic E-state index is -3.09. The summed E-state index contributed by atoms with van der Waals surface area (Å²) in [5, 5.41) is 12.8. The summed E-state index contributed by atoms with van der Waals surface area (Å²) in [4.78, 5) is 10.8. The number of benzene rings is 1. The molecule has 0 spiro atoms.